The number of nitrogens with zero attached hydrogens (tertiary/aromatic N) is 2. The Morgan fingerprint density at radius 3 is 2.22 bits per heavy atom. The Balaban J connectivity index is 1.77. The molecule has 1 aromatic rings. The molecule has 50 heavy (non-hydrogen) atoms. The number of cyclic esters (lactones) is 1. The van der Waals surface area contributed by atoms with Gasteiger partial charge in [-0.1, -0.05) is 53.2 Å². The number of amides is 5. The SMILES string of the molecule is CCC(C)C1NC(=O)C(Cc2ccc(O)cc2)N(C)C(=O)C2C(CC)OC3CCC(NC(=O)C(CC(C)C)NC(=O)CC(C)OC1=O)C(=O)N32. The van der Waals surface area contributed by atoms with E-state index in [-0.39, 0.29) is 36.8 Å². The fourth-order valence-electron chi connectivity index (χ4n) is 6.87. The van der Waals surface area contributed by atoms with Gasteiger partial charge >= 0.3 is 5.97 Å². The minimum atomic E-state index is -1.14. The molecule has 0 aromatic heterocycles. The number of rotatable bonds is 7. The summed E-state index contributed by atoms with van der Waals surface area (Å²) >= 11 is 0. The maximum Gasteiger partial charge on any atom is 0.329 e. The lowest BCUT2D eigenvalue weighted by Crippen LogP contribution is -2.63. The Hall–Kier alpha value is -4.20. The van der Waals surface area contributed by atoms with Gasteiger partial charge in [-0.2, -0.15) is 0 Å². The van der Waals surface area contributed by atoms with Gasteiger partial charge in [0.05, 0.1) is 12.5 Å². The highest BCUT2D eigenvalue weighted by molar-refractivity contribution is 5.97. The third-order valence-electron chi connectivity index (χ3n) is 9.92. The second-order valence-corrected chi connectivity index (χ2v) is 14.3. The van der Waals surface area contributed by atoms with Crippen LogP contribution < -0.4 is 16.0 Å². The molecule has 0 aliphatic carbocycles. The molecule has 14 nitrogen and oxygen atoms in total. The number of benzene rings is 1. The molecule has 4 rings (SSSR count). The van der Waals surface area contributed by atoms with Crippen molar-refractivity contribution in [2.45, 2.75) is 135 Å². The number of hydrogen-bond acceptors (Lipinski definition) is 9. The van der Waals surface area contributed by atoms with Crippen LogP contribution in [0.3, 0.4) is 0 Å². The van der Waals surface area contributed by atoms with E-state index < -0.39 is 84.2 Å². The second kappa shape index (κ2) is 16.7. The first-order chi connectivity index (χ1) is 23.6. The van der Waals surface area contributed by atoms with Crippen molar-refractivity contribution in [3.63, 3.8) is 0 Å². The number of esters is 1. The first-order valence-corrected chi connectivity index (χ1v) is 17.8. The van der Waals surface area contributed by atoms with Crippen LogP contribution in [0, 0.1) is 11.8 Å². The molecule has 3 fully saturated rings. The molecule has 3 aliphatic rings. The number of piperidine rings is 1. The number of ether oxygens (including phenoxy) is 2. The quantitative estimate of drug-likeness (QED) is 0.308. The van der Waals surface area contributed by atoms with Crippen LogP contribution >= 0.6 is 0 Å². The third-order valence-corrected chi connectivity index (χ3v) is 9.92. The first-order valence-electron chi connectivity index (χ1n) is 17.8. The summed E-state index contributed by atoms with van der Waals surface area (Å²) < 4.78 is 11.9. The van der Waals surface area contributed by atoms with Crippen molar-refractivity contribution in [3.05, 3.63) is 29.8 Å². The zero-order valence-electron chi connectivity index (χ0n) is 30.1. The van der Waals surface area contributed by atoms with Gasteiger partial charge in [-0.15, -0.1) is 0 Å². The molecule has 3 aliphatic heterocycles. The van der Waals surface area contributed by atoms with Crippen molar-refractivity contribution < 1.29 is 43.3 Å². The fourth-order valence-corrected chi connectivity index (χ4v) is 6.87. The highest BCUT2D eigenvalue weighted by atomic mass is 16.5. The predicted molar refractivity (Wildman–Crippen MR) is 182 cm³/mol. The highest BCUT2D eigenvalue weighted by Crippen LogP contribution is 2.34. The predicted octanol–water partition coefficient (Wildman–Crippen LogP) is 1.77. The Morgan fingerprint density at radius 1 is 0.920 bits per heavy atom. The summed E-state index contributed by atoms with van der Waals surface area (Å²) in [7, 11) is 1.48. The number of phenols is 1. The van der Waals surface area contributed by atoms with Gasteiger partial charge in [-0.25, -0.2) is 4.79 Å². The average Bonchev–Trinajstić information content (AvgIpc) is 3.45. The van der Waals surface area contributed by atoms with Gasteiger partial charge in [0.15, 0.2) is 0 Å². The molecule has 3 saturated heterocycles. The standard InChI is InChI=1S/C36H53N5O9/c1-8-20(5)30-36(48)49-21(6)17-28(43)37-25(16-19(3)4)32(44)38-24-14-15-29-41(34(24)46)31(27(9-2)50-29)35(47)40(7)26(33(45)39-30)18-22-10-12-23(42)13-11-22/h10-13,19-21,24-27,29-31,42H,8-9,14-18H2,1-7H3,(H,37,43)(H,38,44)(H,39,45). The van der Waals surface area contributed by atoms with E-state index in [0.717, 1.165) is 0 Å². The molecule has 1 aromatic carbocycles. The van der Waals surface area contributed by atoms with Crippen molar-refractivity contribution in [1.29, 1.82) is 0 Å². The topological polar surface area (TPSA) is 184 Å². The van der Waals surface area contributed by atoms with Crippen LogP contribution in [-0.4, -0.2) is 106 Å². The Labute approximate surface area is 294 Å². The van der Waals surface area contributed by atoms with E-state index >= 15 is 0 Å². The summed E-state index contributed by atoms with van der Waals surface area (Å²) in [6.07, 6.45) is -0.594. The van der Waals surface area contributed by atoms with Crippen LogP contribution in [0.15, 0.2) is 24.3 Å². The normalized spacial score (nSPS) is 30.9. The maximum absolute atomic E-state index is 14.5. The largest absolute Gasteiger partial charge is 0.508 e. The fraction of sp³-hybridized carbons (Fsp3) is 0.667. The van der Waals surface area contributed by atoms with Crippen LogP contribution in [0.1, 0.15) is 85.6 Å². The van der Waals surface area contributed by atoms with Gasteiger partial charge in [0.25, 0.3) is 0 Å². The summed E-state index contributed by atoms with van der Waals surface area (Å²) in [5.41, 5.74) is 0.642. The van der Waals surface area contributed by atoms with Crippen LogP contribution in [0.25, 0.3) is 0 Å². The van der Waals surface area contributed by atoms with Gasteiger partial charge in [0.2, 0.25) is 29.5 Å². The van der Waals surface area contributed by atoms with Crippen molar-refractivity contribution in [2.75, 3.05) is 7.05 Å². The molecule has 276 valence electrons. The molecule has 4 N–H and O–H groups in total. The van der Waals surface area contributed by atoms with Crippen molar-refractivity contribution >= 4 is 35.5 Å². The zero-order valence-corrected chi connectivity index (χ0v) is 30.1. The molecular formula is C36H53N5O9. The van der Waals surface area contributed by atoms with Gasteiger partial charge in [0, 0.05) is 13.5 Å². The number of aromatic hydroxyl groups is 1. The van der Waals surface area contributed by atoms with Crippen LogP contribution in [0.4, 0.5) is 0 Å². The number of nitrogens with one attached hydrogen (secondary N) is 3. The summed E-state index contributed by atoms with van der Waals surface area (Å²) in [6, 6.07) is 1.00. The molecular weight excluding hydrogens is 646 g/mol. The molecule has 9 atom stereocenters. The Morgan fingerprint density at radius 2 is 1.60 bits per heavy atom. The Bertz CT molecular complexity index is 1420. The van der Waals surface area contributed by atoms with Gasteiger partial charge in [0.1, 0.15) is 48.3 Å². The smallest absolute Gasteiger partial charge is 0.329 e. The van der Waals surface area contributed by atoms with E-state index in [4.69, 9.17) is 9.47 Å². The monoisotopic (exact) mass is 699 g/mol. The molecule has 5 amide bonds. The number of hydrogen-bond donors (Lipinski definition) is 4. The summed E-state index contributed by atoms with van der Waals surface area (Å²) in [6.45, 7) is 10.9. The molecule has 0 spiro atoms. The number of phenolic OH excluding ortho intramolecular Hbond substituents is 1. The molecule has 9 unspecified atom stereocenters. The number of likely N-dealkylation sites (N-methyl/N-ethyl adjacent to an activating group) is 1. The van der Waals surface area contributed by atoms with Crippen LogP contribution in [0.5, 0.6) is 5.75 Å². The van der Waals surface area contributed by atoms with E-state index in [1.54, 1.807) is 26.0 Å². The third kappa shape index (κ3) is 8.93. The lowest BCUT2D eigenvalue weighted by Gasteiger charge is -2.39. The second-order valence-electron chi connectivity index (χ2n) is 14.3. The molecule has 0 radical (unpaired) electrons. The highest BCUT2D eigenvalue weighted by Gasteiger charge is 2.53. The number of carbonyl (C=O) groups excluding carboxylic acids is 6. The number of fused-ring (bicyclic) bond motifs is 1. The van der Waals surface area contributed by atoms with Gasteiger partial charge < -0.3 is 40.3 Å². The molecule has 14 heteroatoms. The zero-order chi connectivity index (χ0) is 36.9. The van der Waals surface area contributed by atoms with Gasteiger partial charge in [-0.05, 0) is 62.1 Å². The van der Waals surface area contributed by atoms with Crippen molar-refractivity contribution in [3.8, 4) is 5.75 Å². The van der Waals surface area contributed by atoms with Crippen molar-refractivity contribution in [1.82, 2.24) is 25.8 Å². The summed E-state index contributed by atoms with van der Waals surface area (Å²) in [5.74, 6) is -3.70. The minimum absolute atomic E-state index is 0.0265. The van der Waals surface area contributed by atoms with E-state index in [2.05, 4.69) is 16.0 Å². The average molecular weight is 700 g/mol. The number of carbonyl (C=O) groups is 6. The maximum atomic E-state index is 14.5. The first kappa shape index (κ1) is 38.6. The molecule has 2 bridgehead atoms. The minimum Gasteiger partial charge on any atom is -0.508 e. The Kier molecular flexibility index (Phi) is 12.9. The summed E-state index contributed by atoms with van der Waals surface area (Å²) in [4.78, 5) is 85.8. The lowest BCUT2D eigenvalue weighted by molar-refractivity contribution is -0.156. The summed E-state index contributed by atoms with van der Waals surface area (Å²) in [5, 5.41) is 18.3. The molecule has 3 heterocycles. The van der Waals surface area contributed by atoms with E-state index in [9.17, 15) is 33.9 Å². The molecule has 0 saturated carbocycles. The van der Waals surface area contributed by atoms with E-state index in [0.29, 0.717) is 31.2 Å². The van der Waals surface area contributed by atoms with E-state index in [1.165, 1.54) is 29.0 Å². The lowest BCUT2D eigenvalue weighted by atomic mass is 9.96. The van der Waals surface area contributed by atoms with Gasteiger partial charge in [-0.3, -0.25) is 24.0 Å². The van der Waals surface area contributed by atoms with Crippen molar-refractivity contribution in [2.24, 2.45) is 11.8 Å². The van der Waals surface area contributed by atoms with Crippen LogP contribution in [0.2, 0.25) is 0 Å². The van der Waals surface area contributed by atoms with E-state index in [1.807, 2.05) is 27.7 Å². The van der Waals surface area contributed by atoms with Crippen LogP contribution in [-0.2, 0) is 44.7 Å².